The molecule has 2 aromatic rings. The van der Waals surface area contributed by atoms with Crippen LogP contribution in [0.4, 0.5) is 0 Å². The highest BCUT2D eigenvalue weighted by Gasteiger charge is 2.13. The third-order valence-electron chi connectivity index (χ3n) is 3.10. The molecule has 1 unspecified atom stereocenters. The molecule has 0 saturated heterocycles. The summed E-state index contributed by atoms with van der Waals surface area (Å²) >= 11 is 1.90. The van der Waals surface area contributed by atoms with Crippen molar-refractivity contribution in [1.29, 1.82) is 0 Å². The molecule has 0 radical (unpaired) electrons. The maximum atomic E-state index is 4.55. The van der Waals surface area contributed by atoms with Gasteiger partial charge >= 0.3 is 0 Å². The summed E-state index contributed by atoms with van der Waals surface area (Å²) in [6.45, 7) is 3.15. The average Bonchev–Trinajstić information content (AvgIpc) is 2.43. The molecular weight excluding hydrogens is 240 g/mol. The first-order valence-electron chi connectivity index (χ1n) is 6.42. The van der Waals surface area contributed by atoms with Gasteiger partial charge in [0.2, 0.25) is 0 Å². The average molecular weight is 260 g/mol. The van der Waals surface area contributed by atoms with Crippen LogP contribution in [0.5, 0.6) is 0 Å². The zero-order valence-corrected chi connectivity index (χ0v) is 11.8. The van der Waals surface area contributed by atoms with Gasteiger partial charge in [-0.1, -0.05) is 31.2 Å². The molecule has 1 aromatic carbocycles. The quantitative estimate of drug-likeness (QED) is 0.858. The molecule has 2 nitrogen and oxygen atoms in total. The van der Waals surface area contributed by atoms with Gasteiger partial charge in [0.15, 0.2) is 0 Å². The van der Waals surface area contributed by atoms with Gasteiger partial charge in [0, 0.05) is 17.6 Å². The molecule has 0 spiro atoms. The minimum absolute atomic E-state index is 0.404. The second-order valence-electron chi connectivity index (χ2n) is 4.31. The lowest BCUT2D eigenvalue weighted by atomic mass is 10.0. The molecule has 1 heterocycles. The van der Waals surface area contributed by atoms with Crippen LogP contribution in [0, 0.1) is 0 Å². The largest absolute Gasteiger partial charge is 0.310 e. The molecule has 0 fully saturated rings. The van der Waals surface area contributed by atoms with Crippen LogP contribution in [0.3, 0.4) is 0 Å². The fraction of sp³-hybridized carbons (Fsp3) is 0.400. The number of fused-ring (bicyclic) bond motifs is 1. The minimum atomic E-state index is 0.404. The number of nitrogens with one attached hydrogen (secondary N) is 1. The van der Waals surface area contributed by atoms with Crippen molar-refractivity contribution >= 4 is 22.7 Å². The lowest BCUT2D eigenvalue weighted by Crippen LogP contribution is -2.22. The standard InChI is InChI=1S/C15H20N2S/c1-3-16-14(9-11-18-2)13-8-4-6-12-7-5-10-17-15(12)13/h4-8,10,14,16H,3,9,11H2,1-2H3. The third-order valence-corrected chi connectivity index (χ3v) is 3.74. The molecule has 2 rings (SSSR count). The lowest BCUT2D eigenvalue weighted by molar-refractivity contribution is 0.544. The van der Waals surface area contributed by atoms with Crippen molar-refractivity contribution in [1.82, 2.24) is 10.3 Å². The highest BCUT2D eigenvalue weighted by atomic mass is 32.2. The maximum Gasteiger partial charge on any atom is 0.0749 e. The summed E-state index contributed by atoms with van der Waals surface area (Å²) in [6, 6.07) is 11.0. The Kier molecular flexibility index (Phi) is 5.02. The number of nitrogens with zero attached hydrogens (tertiary/aromatic N) is 1. The van der Waals surface area contributed by atoms with E-state index in [9.17, 15) is 0 Å². The Labute approximate surface area is 113 Å². The SMILES string of the molecule is CCNC(CCSC)c1cccc2cccnc12. The lowest BCUT2D eigenvalue weighted by Gasteiger charge is -2.19. The van der Waals surface area contributed by atoms with Crippen molar-refractivity contribution in [3.63, 3.8) is 0 Å². The van der Waals surface area contributed by atoms with Gasteiger partial charge in [0.05, 0.1) is 5.52 Å². The van der Waals surface area contributed by atoms with Crippen LogP contribution in [-0.2, 0) is 0 Å². The van der Waals surface area contributed by atoms with Crippen molar-refractivity contribution in [3.05, 3.63) is 42.1 Å². The Balaban J connectivity index is 2.36. The summed E-state index contributed by atoms with van der Waals surface area (Å²) < 4.78 is 0. The smallest absolute Gasteiger partial charge is 0.0749 e. The Morgan fingerprint density at radius 1 is 1.28 bits per heavy atom. The zero-order valence-electron chi connectivity index (χ0n) is 11.0. The molecule has 0 aliphatic rings. The van der Waals surface area contributed by atoms with Gasteiger partial charge in [-0.3, -0.25) is 4.98 Å². The van der Waals surface area contributed by atoms with Gasteiger partial charge in [-0.15, -0.1) is 0 Å². The molecule has 0 bridgehead atoms. The molecule has 1 atom stereocenters. The molecule has 0 aliphatic carbocycles. The van der Waals surface area contributed by atoms with E-state index in [1.165, 1.54) is 16.7 Å². The first-order chi connectivity index (χ1) is 8.86. The first kappa shape index (κ1) is 13.4. The molecule has 96 valence electrons. The zero-order chi connectivity index (χ0) is 12.8. The van der Waals surface area contributed by atoms with E-state index in [0.717, 1.165) is 18.5 Å². The van der Waals surface area contributed by atoms with E-state index in [-0.39, 0.29) is 0 Å². The Morgan fingerprint density at radius 2 is 2.11 bits per heavy atom. The minimum Gasteiger partial charge on any atom is -0.310 e. The van der Waals surface area contributed by atoms with Gasteiger partial charge in [-0.05, 0) is 36.6 Å². The maximum absolute atomic E-state index is 4.55. The van der Waals surface area contributed by atoms with E-state index in [0.29, 0.717) is 6.04 Å². The highest BCUT2D eigenvalue weighted by Crippen LogP contribution is 2.25. The van der Waals surface area contributed by atoms with Crippen LogP contribution in [0.2, 0.25) is 0 Å². The molecular formula is C15H20N2S. The number of aromatic nitrogens is 1. The van der Waals surface area contributed by atoms with Crippen LogP contribution < -0.4 is 5.32 Å². The van der Waals surface area contributed by atoms with Crippen molar-refractivity contribution in [2.24, 2.45) is 0 Å². The first-order valence-corrected chi connectivity index (χ1v) is 7.82. The monoisotopic (exact) mass is 260 g/mol. The fourth-order valence-corrected chi connectivity index (χ4v) is 2.73. The second-order valence-corrected chi connectivity index (χ2v) is 5.30. The van der Waals surface area contributed by atoms with Gasteiger partial charge in [-0.2, -0.15) is 11.8 Å². The van der Waals surface area contributed by atoms with Gasteiger partial charge in [-0.25, -0.2) is 0 Å². The second kappa shape index (κ2) is 6.76. The molecule has 0 saturated carbocycles. The number of hydrogen-bond acceptors (Lipinski definition) is 3. The number of benzene rings is 1. The molecule has 3 heteroatoms. The topological polar surface area (TPSA) is 24.9 Å². The molecule has 18 heavy (non-hydrogen) atoms. The van der Waals surface area contributed by atoms with Crippen LogP contribution in [0.1, 0.15) is 24.9 Å². The summed E-state index contributed by atoms with van der Waals surface area (Å²) in [5.74, 6) is 1.17. The Morgan fingerprint density at radius 3 is 2.89 bits per heavy atom. The summed E-state index contributed by atoms with van der Waals surface area (Å²) in [6.07, 6.45) is 5.18. The van der Waals surface area contributed by atoms with E-state index >= 15 is 0 Å². The molecule has 1 aromatic heterocycles. The van der Waals surface area contributed by atoms with E-state index in [1.807, 2.05) is 24.0 Å². The third kappa shape index (κ3) is 3.03. The number of thioether (sulfide) groups is 1. The summed E-state index contributed by atoms with van der Waals surface area (Å²) in [7, 11) is 0. The Bertz CT molecular complexity index is 493. The summed E-state index contributed by atoms with van der Waals surface area (Å²) in [4.78, 5) is 4.55. The van der Waals surface area contributed by atoms with Gasteiger partial charge < -0.3 is 5.32 Å². The van der Waals surface area contributed by atoms with Crippen molar-refractivity contribution < 1.29 is 0 Å². The molecule has 0 aliphatic heterocycles. The number of pyridine rings is 1. The van der Waals surface area contributed by atoms with Crippen molar-refractivity contribution in [2.75, 3.05) is 18.6 Å². The van der Waals surface area contributed by atoms with Crippen LogP contribution in [0.15, 0.2) is 36.5 Å². The molecule has 1 N–H and O–H groups in total. The number of rotatable bonds is 6. The predicted octanol–water partition coefficient (Wildman–Crippen LogP) is 3.64. The van der Waals surface area contributed by atoms with Crippen molar-refractivity contribution in [2.45, 2.75) is 19.4 Å². The normalized spacial score (nSPS) is 12.8. The van der Waals surface area contributed by atoms with E-state index in [2.05, 4.69) is 47.7 Å². The molecule has 0 amide bonds. The summed E-state index contributed by atoms with van der Waals surface area (Å²) in [5.41, 5.74) is 2.45. The van der Waals surface area contributed by atoms with Crippen LogP contribution in [0.25, 0.3) is 10.9 Å². The van der Waals surface area contributed by atoms with Crippen LogP contribution in [-0.4, -0.2) is 23.5 Å². The van der Waals surface area contributed by atoms with Crippen LogP contribution >= 0.6 is 11.8 Å². The number of hydrogen-bond donors (Lipinski definition) is 1. The number of para-hydroxylation sites is 1. The Hall–Kier alpha value is -1.06. The predicted molar refractivity (Wildman–Crippen MR) is 81.2 cm³/mol. The van der Waals surface area contributed by atoms with Gasteiger partial charge in [0.25, 0.3) is 0 Å². The summed E-state index contributed by atoms with van der Waals surface area (Å²) in [5, 5.41) is 4.80. The van der Waals surface area contributed by atoms with Crippen molar-refractivity contribution in [3.8, 4) is 0 Å². The fourth-order valence-electron chi connectivity index (χ4n) is 2.26. The van der Waals surface area contributed by atoms with E-state index < -0.39 is 0 Å². The van der Waals surface area contributed by atoms with E-state index in [1.54, 1.807) is 0 Å². The highest BCUT2D eigenvalue weighted by molar-refractivity contribution is 7.98. The van der Waals surface area contributed by atoms with E-state index in [4.69, 9.17) is 0 Å². The van der Waals surface area contributed by atoms with Gasteiger partial charge in [0.1, 0.15) is 0 Å².